The number of amides is 1. The first kappa shape index (κ1) is 17.9. The van der Waals surface area contributed by atoms with E-state index in [2.05, 4.69) is 34.3 Å². The van der Waals surface area contributed by atoms with Crippen LogP contribution in [-0.4, -0.2) is 50.6 Å². The molecule has 2 aromatic carbocycles. The summed E-state index contributed by atoms with van der Waals surface area (Å²) >= 11 is 6.03. The Morgan fingerprint density at radius 1 is 1.07 bits per heavy atom. The lowest BCUT2D eigenvalue weighted by atomic mass is 10.1. The maximum Gasteiger partial charge on any atom is 0.255 e. The molecule has 1 fully saturated rings. The Morgan fingerprint density at radius 3 is 2.56 bits per heavy atom. The fraction of sp³-hybridized carbons (Fsp3) is 0.286. The second-order valence-electron chi connectivity index (χ2n) is 6.93. The van der Waals surface area contributed by atoms with Gasteiger partial charge in [-0.1, -0.05) is 11.6 Å². The summed E-state index contributed by atoms with van der Waals surface area (Å²) in [5.74, 6) is 0.584. The van der Waals surface area contributed by atoms with Gasteiger partial charge in [-0.2, -0.15) is 0 Å². The highest BCUT2D eigenvalue weighted by Gasteiger charge is 2.18. The van der Waals surface area contributed by atoms with E-state index in [1.165, 1.54) is 5.69 Å². The van der Waals surface area contributed by atoms with E-state index in [4.69, 9.17) is 16.3 Å². The summed E-state index contributed by atoms with van der Waals surface area (Å²) in [5, 5.41) is 3.57. The predicted molar refractivity (Wildman–Crippen MR) is 110 cm³/mol. The largest absolute Gasteiger partial charge is 0.488 e. The van der Waals surface area contributed by atoms with Gasteiger partial charge < -0.3 is 19.9 Å². The van der Waals surface area contributed by atoms with Crippen LogP contribution < -0.4 is 15.0 Å². The van der Waals surface area contributed by atoms with Crippen LogP contribution in [0.3, 0.4) is 0 Å². The van der Waals surface area contributed by atoms with Crippen molar-refractivity contribution in [1.29, 1.82) is 0 Å². The molecular formula is C21H22ClN3O2. The van der Waals surface area contributed by atoms with E-state index >= 15 is 0 Å². The van der Waals surface area contributed by atoms with E-state index < -0.39 is 0 Å². The van der Waals surface area contributed by atoms with Crippen LogP contribution in [0.25, 0.3) is 6.08 Å². The van der Waals surface area contributed by atoms with E-state index in [9.17, 15) is 4.79 Å². The van der Waals surface area contributed by atoms with Gasteiger partial charge in [0.15, 0.2) is 0 Å². The van der Waals surface area contributed by atoms with Crippen molar-refractivity contribution >= 4 is 35.0 Å². The van der Waals surface area contributed by atoms with Crippen molar-refractivity contribution in [2.24, 2.45) is 0 Å². The molecule has 4 rings (SSSR count). The van der Waals surface area contributed by atoms with Crippen molar-refractivity contribution in [3.63, 3.8) is 0 Å². The van der Waals surface area contributed by atoms with E-state index in [1.54, 1.807) is 12.1 Å². The van der Waals surface area contributed by atoms with Gasteiger partial charge in [0, 0.05) is 48.1 Å². The molecule has 0 atom stereocenters. The molecule has 2 aliphatic heterocycles. The number of hydrogen-bond acceptors (Lipinski definition) is 4. The Labute approximate surface area is 164 Å². The summed E-state index contributed by atoms with van der Waals surface area (Å²) in [6.45, 7) is 4.43. The molecule has 27 heavy (non-hydrogen) atoms. The van der Waals surface area contributed by atoms with Gasteiger partial charge in [0.2, 0.25) is 0 Å². The number of benzene rings is 2. The van der Waals surface area contributed by atoms with E-state index in [-0.39, 0.29) is 12.5 Å². The van der Waals surface area contributed by atoms with Gasteiger partial charge in [-0.15, -0.1) is 0 Å². The Balaban J connectivity index is 1.42. The number of likely N-dealkylation sites (N-methyl/N-ethyl adjacent to an activating group) is 1. The molecule has 0 radical (unpaired) electrons. The number of carbonyl (C=O) groups is 1. The number of nitrogens with one attached hydrogen (secondary N) is 1. The first-order valence-electron chi connectivity index (χ1n) is 9.06. The summed E-state index contributed by atoms with van der Waals surface area (Å²) in [7, 11) is 2.14. The molecule has 1 amide bonds. The molecule has 0 saturated carbocycles. The van der Waals surface area contributed by atoms with Crippen LogP contribution in [0.4, 0.5) is 11.4 Å². The lowest BCUT2D eigenvalue weighted by Crippen LogP contribution is -2.44. The number of ether oxygens (including phenoxy) is 1. The van der Waals surface area contributed by atoms with Crippen LogP contribution >= 0.6 is 11.6 Å². The quantitative estimate of drug-likeness (QED) is 0.881. The SMILES string of the molecule is CN1CCN(c2ccc(NC(=O)C3=Cc4cc(Cl)ccc4OC3)cc2)CC1. The van der Waals surface area contributed by atoms with Crippen LogP contribution in [-0.2, 0) is 4.79 Å². The average Bonchev–Trinajstić information content (AvgIpc) is 2.68. The molecule has 140 valence electrons. The molecule has 2 heterocycles. The van der Waals surface area contributed by atoms with Gasteiger partial charge in [0.1, 0.15) is 12.4 Å². The van der Waals surface area contributed by atoms with Crippen molar-refractivity contribution in [3.05, 3.63) is 58.6 Å². The molecule has 0 spiro atoms. The second-order valence-corrected chi connectivity index (χ2v) is 7.37. The number of hydrogen-bond donors (Lipinski definition) is 1. The van der Waals surface area contributed by atoms with Gasteiger partial charge in [-0.3, -0.25) is 4.79 Å². The molecular weight excluding hydrogens is 362 g/mol. The van der Waals surface area contributed by atoms with Crippen molar-refractivity contribution in [2.75, 3.05) is 50.1 Å². The highest BCUT2D eigenvalue weighted by molar-refractivity contribution is 6.30. The molecule has 2 aromatic rings. The van der Waals surface area contributed by atoms with Crippen molar-refractivity contribution in [2.45, 2.75) is 0 Å². The van der Waals surface area contributed by atoms with Crippen LogP contribution in [0.1, 0.15) is 5.56 Å². The Kier molecular flexibility index (Phi) is 5.05. The van der Waals surface area contributed by atoms with Gasteiger partial charge in [0.25, 0.3) is 5.91 Å². The topological polar surface area (TPSA) is 44.8 Å². The summed E-state index contributed by atoms with van der Waals surface area (Å²) in [6, 6.07) is 13.4. The molecule has 0 aromatic heterocycles. The zero-order valence-electron chi connectivity index (χ0n) is 15.2. The zero-order chi connectivity index (χ0) is 18.8. The second kappa shape index (κ2) is 7.62. The van der Waals surface area contributed by atoms with Gasteiger partial charge in [0.05, 0.1) is 5.57 Å². The lowest BCUT2D eigenvalue weighted by molar-refractivity contribution is -0.113. The average molecular weight is 384 g/mol. The number of halogens is 1. The van der Waals surface area contributed by atoms with Crippen LogP contribution in [0.15, 0.2) is 48.0 Å². The van der Waals surface area contributed by atoms with Gasteiger partial charge in [-0.25, -0.2) is 0 Å². The maximum atomic E-state index is 12.6. The standard InChI is InChI=1S/C21H22ClN3O2/c1-24-8-10-25(11-9-24)19-5-3-18(4-6-19)23-21(26)16-12-15-13-17(22)2-7-20(15)27-14-16/h2-7,12-13H,8-11,14H2,1H3,(H,23,26). The highest BCUT2D eigenvalue weighted by atomic mass is 35.5. The Hall–Kier alpha value is -2.50. The van der Waals surface area contributed by atoms with Gasteiger partial charge in [-0.05, 0) is 55.6 Å². The molecule has 1 N–H and O–H groups in total. The first-order chi connectivity index (χ1) is 13.1. The molecule has 5 nitrogen and oxygen atoms in total. The number of anilines is 2. The molecule has 6 heteroatoms. The summed E-state index contributed by atoms with van der Waals surface area (Å²) in [4.78, 5) is 17.3. The van der Waals surface area contributed by atoms with Crippen molar-refractivity contribution in [1.82, 2.24) is 4.90 Å². The molecule has 0 aliphatic carbocycles. The number of rotatable bonds is 3. The minimum absolute atomic E-state index is 0.159. The number of carbonyl (C=O) groups excluding carboxylic acids is 1. The monoisotopic (exact) mass is 383 g/mol. The maximum absolute atomic E-state index is 12.6. The predicted octanol–water partition coefficient (Wildman–Crippen LogP) is 3.51. The van der Waals surface area contributed by atoms with Crippen LogP contribution in [0, 0.1) is 0 Å². The third-order valence-corrected chi connectivity index (χ3v) is 5.21. The summed E-state index contributed by atoms with van der Waals surface area (Å²) in [6.07, 6.45) is 1.83. The fourth-order valence-corrected chi connectivity index (χ4v) is 3.49. The minimum atomic E-state index is -0.159. The first-order valence-corrected chi connectivity index (χ1v) is 9.44. The zero-order valence-corrected chi connectivity index (χ0v) is 16.0. The van der Waals surface area contributed by atoms with E-state index in [0.717, 1.165) is 43.2 Å². The molecule has 0 bridgehead atoms. The van der Waals surface area contributed by atoms with Crippen molar-refractivity contribution < 1.29 is 9.53 Å². The third-order valence-electron chi connectivity index (χ3n) is 4.97. The molecule has 1 saturated heterocycles. The van der Waals surface area contributed by atoms with Crippen LogP contribution in [0.2, 0.25) is 5.02 Å². The van der Waals surface area contributed by atoms with Crippen LogP contribution in [0.5, 0.6) is 5.75 Å². The minimum Gasteiger partial charge on any atom is -0.488 e. The molecule has 2 aliphatic rings. The highest BCUT2D eigenvalue weighted by Crippen LogP contribution is 2.29. The number of fused-ring (bicyclic) bond motifs is 1. The van der Waals surface area contributed by atoms with E-state index in [0.29, 0.717) is 10.6 Å². The van der Waals surface area contributed by atoms with Gasteiger partial charge >= 0.3 is 0 Å². The Morgan fingerprint density at radius 2 is 1.81 bits per heavy atom. The lowest BCUT2D eigenvalue weighted by Gasteiger charge is -2.34. The smallest absolute Gasteiger partial charge is 0.255 e. The molecule has 0 unspecified atom stereocenters. The third kappa shape index (κ3) is 4.10. The summed E-state index contributed by atoms with van der Waals surface area (Å²) in [5.41, 5.74) is 3.36. The summed E-state index contributed by atoms with van der Waals surface area (Å²) < 4.78 is 5.66. The number of nitrogens with zero attached hydrogens (tertiary/aromatic N) is 2. The van der Waals surface area contributed by atoms with E-state index in [1.807, 2.05) is 24.3 Å². The van der Waals surface area contributed by atoms with Crippen molar-refractivity contribution in [3.8, 4) is 5.75 Å². The number of piperazine rings is 1. The fourth-order valence-electron chi connectivity index (χ4n) is 3.31. The normalized spacial score (nSPS) is 17.0. The Bertz CT molecular complexity index is 871.